The lowest BCUT2D eigenvalue weighted by Gasteiger charge is -2.24. The summed E-state index contributed by atoms with van der Waals surface area (Å²) in [6, 6.07) is 34.5. The van der Waals surface area contributed by atoms with Crippen molar-refractivity contribution in [2.24, 2.45) is 0 Å². The Morgan fingerprint density at radius 1 is 0.412 bits per heavy atom. The lowest BCUT2D eigenvalue weighted by Crippen LogP contribution is -2.27. The molecular weight excluding hydrogens is 420 g/mol. The van der Waals surface area contributed by atoms with Crippen LogP contribution in [0.5, 0.6) is 0 Å². The van der Waals surface area contributed by atoms with Crippen LogP contribution in [-0.2, 0) is 44.5 Å². The minimum absolute atomic E-state index is 0.176. The third kappa shape index (κ3) is 6.42. The van der Waals surface area contributed by atoms with Crippen LogP contribution >= 0.6 is 0 Å². The van der Waals surface area contributed by atoms with Gasteiger partial charge in [-0.05, 0) is 71.9 Å². The third-order valence-corrected chi connectivity index (χ3v) is 6.43. The van der Waals surface area contributed by atoms with Crippen molar-refractivity contribution < 1.29 is 15.3 Å². The molecule has 0 atom stereocenters. The summed E-state index contributed by atoms with van der Waals surface area (Å²) in [7, 11) is 0. The molecular formula is C31H32O3. The summed E-state index contributed by atoms with van der Waals surface area (Å²) in [6.07, 6.45) is 4.73. The van der Waals surface area contributed by atoms with Gasteiger partial charge in [0.25, 0.3) is 0 Å². The molecule has 0 aliphatic rings. The van der Waals surface area contributed by atoms with Crippen LogP contribution in [0.3, 0.4) is 0 Å². The van der Waals surface area contributed by atoms with E-state index in [0.717, 1.165) is 43.2 Å². The predicted octanol–water partition coefficient (Wildman–Crippen LogP) is 5.13. The first kappa shape index (κ1) is 23.9. The third-order valence-electron chi connectivity index (χ3n) is 6.43. The van der Waals surface area contributed by atoms with Crippen LogP contribution in [0.1, 0.15) is 38.9 Å². The van der Waals surface area contributed by atoms with Gasteiger partial charge in [0.2, 0.25) is 0 Å². The highest BCUT2D eigenvalue weighted by atomic mass is 16.7. The summed E-state index contributed by atoms with van der Waals surface area (Å²) in [6.45, 7) is 0. The Balaban J connectivity index is 1.69. The molecule has 0 unspecified atom stereocenters. The van der Waals surface area contributed by atoms with Crippen molar-refractivity contribution >= 4 is 0 Å². The molecule has 4 rings (SSSR count). The van der Waals surface area contributed by atoms with Crippen LogP contribution < -0.4 is 0 Å². The largest absolute Gasteiger partial charge is 0.340 e. The average Bonchev–Trinajstić information content (AvgIpc) is 2.86. The fourth-order valence-electron chi connectivity index (χ4n) is 4.64. The summed E-state index contributed by atoms with van der Waals surface area (Å²) in [4.78, 5) is 0. The summed E-state index contributed by atoms with van der Waals surface area (Å²) in [5, 5.41) is 30.6. The minimum Gasteiger partial charge on any atom is -0.340 e. The summed E-state index contributed by atoms with van der Waals surface area (Å²) in [5.41, 5.74) is 6.99. The molecule has 174 valence electrons. The molecule has 0 saturated heterocycles. The van der Waals surface area contributed by atoms with E-state index in [9.17, 15) is 15.3 Å². The lowest BCUT2D eigenvalue weighted by atomic mass is 9.86. The smallest absolute Gasteiger partial charge is 0.304 e. The predicted molar refractivity (Wildman–Crippen MR) is 136 cm³/mol. The number of hydrogen-bond acceptors (Lipinski definition) is 3. The van der Waals surface area contributed by atoms with E-state index in [2.05, 4.69) is 48.5 Å². The first-order valence-electron chi connectivity index (χ1n) is 11.9. The van der Waals surface area contributed by atoms with Crippen molar-refractivity contribution in [2.75, 3.05) is 0 Å². The maximum absolute atomic E-state index is 10.2. The van der Waals surface area contributed by atoms with Crippen molar-refractivity contribution in [2.45, 2.75) is 44.5 Å². The average molecular weight is 453 g/mol. The Hall–Kier alpha value is -3.24. The molecule has 0 saturated carbocycles. The summed E-state index contributed by atoms with van der Waals surface area (Å²) >= 11 is 0. The van der Waals surface area contributed by atoms with Crippen LogP contribution in [-0.4, -0.2) is 15.3 Å². The van der Waals surface area contributed by atoms with Gasteiger partial charge < -0.3 is 15.3 Å². The lowest BCUT2D eigenvalue weighted by molar-refractivity contribution is -0.324. The van der Waals surface area contributed by atoms with Crippen molar-refractivity contribution in [3.8, 4) is 0 Å². The molecule has 34 heavy (non-hydrogen) atoms. The molecule has 3 heteroatoms. The first-order chi connectivity index (χ1) is 16.5. The highest BCUT2D eigenvalue weighted by Gasteiger charge is 2.28. The minimum atomic E-state index is -2.87. The zero-order chi connectivity index (χ0) is 23.8. The van der Waals surface area contributed by atoms with E-state index in [0.29, 0.717) is 6.42 Å². The molecule has 0 aliphatic heterocycles. The maximum atomic E-state index is 10.2. The van der Waals surface area contributed by atoms with E-state index in [-0.39, 0.29) is 5.56 Å². The maximum Gasteiger partial charge on any atom is 0.304 e. The Bertz CT molecular complexity index is 1160. The van der Waals surface area contributed by atoms with Gasteiger partial charge in [0.15, 0.2) is 0 Å². The van der Waals surface area contributed by atoms with E-state index in [1.54, 1.807) is 6.07 Å². The quantitative estimate of drug-likeness (QED) is 0.292. The number of aryl methyl sites for hydroxylation is 4. The fraction of sp³-hybridized carbons (Fsp3) is 0.226. The van der Waals surface area contributed by atoms with Gasteiger partial charge in [-0.2, -0.15) is 0 Å². The number of benzene rings is 4. The molecule has 0 amide bonds. The normalized spacial score (nSPS) is 11.5. The van der Waals surface area contributed by atoms with E-state index < -0.39 is 5.97 Å². The summed E-state index contributed by atoms with van der Waals surface area (Å²) < 4.78 is 0. The Labute approximate surface area is 202 Å². The van der Waals surface area contributed by atoms with Gasteiger partial charge in [0.05, 0.1) is 0 Å². The van der Waals surface area contributed by atoms with E-state index in [1.165, 1.54) is 22.3 Å². The number of hydrogen-bond donors (Lipinski definition) is 3. The van der Waals surface area contributed by atoms with Gasteiger partial charge in [0, 0.05) is 5.56 Å². The van der Waals surface area contributed by atoms with E-state index >= 15 is 0 Å². The zero-order valence-corrected chi connectivity index (χ0v) is 19.4. The molecule has 0 aromatic heterocycles. The van der Waals surface area contributed by atoms with Crippen molar-refractivity contribution in [3.63, 3.8) is 0 Å². The standard InChI is InChI=1S/C31H32O3/c32-31(33,34)30-23-20-27(19-16-24-10-4-1-5-11-24)28(21-17-25-12-6-2-7-13-25)29(30)22-18-26-14-8-3-9-15-26/h1-15,20,23,32-34H,16-19,21-22H2. The Morgan fingerprint density at radius 2 is 0.824 bits per heavy atom. The number of rotatable bonds is 10. The van der Waals surface area contributed by atoms with Crippen molar-refractivity contribution in [3.05, 3.63) is 142 Å². The molecule has 0 aliphatic carbocycles. The van der Waals surface area contributed by atoms with Gasteiger partial charge >= 0.3 is 5.97 Å². The van der Waals surface area contributed by atoms with E-state index in [4.69, 9.17) is 0 Å². The van der Waals surface area contributed by atoms with Crippen LogP contribution in [0.15, 0.2) is 103 Å². The number of aliphatic hydroxyl groups is 3. The monoisotopic (exact) mass is 452 g/mol. The second-order valence-corrected chi connectivity index (χ2v) is 8.82. The molecule has 4 aromatic carbocycles. The molecule has 0 fully saturated rings. The van der Waals surface area contributed by atoms with E-state index in [1.807, 2.05) is 48.5 Å². The Kier molecular flexibility index (Phi) is 7.91. The second-order valence-electron chi connectivity index (χ2n) is 8.82. The first-order valence-corrected chi connectivity index (χ1v) is 11.9. The molecule has 0 heterocycles. The van der Waals surface area contributed by atoms with Crippen molar-refractivity contribution in [1.29, 1.82) is 0 Å². The fourth-order valence-corrected chi connectivity index (χ4v) is 4.64. The molecule has 0 bridgehead atoms. The van der Waals surface area contributed by atoms with Crippen LogP contribution in [0.4, 0.5) is 0 Å². The van der Waals surface area contributed by atoms with Gasteiger partial charge in [-0.15, -0.1) is 0 Å². The van der Waals surface area contributed by atoms with Gasteiger partial charge in [-0.25, -0.2) is 0 Å². The Morgan fingerprint density at radius 3 is 1.26 bits per heavy atom. The van der Waals surface area contributed by atoms with Gasteiger partial charge in [-0.3, -0.25) is 0 Å². The topological polar surface area (TPSA) is 60.7 Å². The second kappa shape index (κ2) is 11.3. The van der Waals surface area contributed by atoms with Crippen molar-refractivity contribution in [1.82, 2.24) is 0 Å². The van der Waals surface area contributed by atoms with Gasteiger partial charge in [-0.1, -0.05) is 103 Å². The zero-order valence-electron chi connectivity index (χ0n) is 19.4. The molecule has 4 aromatic rings. The highest BCUT2D eigenvalue weighted by Crippen LogP contribution is 2.29. The van der Waals surface area contributed by atoms with Crippen LogP contribution in [0.2, 0.25) is 0 Å². The van der Waals surface area contributed by atoms with Gasteiger partial charge in [0.1, 0.15) is 0 Å². The molecule has 0 spiro atoms. The molecule has 0 radical (unpaired) electrons. The van der Waals surface area contributed by atoms with Crippen LogP contribution in [0, 0.1) is 0 Å². The molecule has 3 nitrogen and oxygen atoms in total. The van der Waals surface area contributed by atoms with Crippen LogP contribution in [0.25, 0.3) is 0 Å². The highest BCUT2D eigenvalue weighted by molar-refractivity contribution is 5.44. The molecule has 3 N–H and O–H groups in total. The summed E-state index contributed by atoms with van der Waals surface area (Å²) in [5.74, 6) is -2.87. The SMILES string of the molecule is OC(O)(O)c1ccc(CCc2ccccc2)c(CCc2ccccc2)c1CCc1ccccc1.